The number of aryl methyl sites for hydroxylation is 2. The Bertz CT molecular complexity index is 757. The first-order valence-corrected chi connectivity index (χ1v) is 8.11. The number of hydrogen-bond acceptors (Lipinski definition) is 3. The van der Waals surface area contributed by atoms with Gasteiger partial charge in [0, 0.05) is 24.3 Å². The van der Waals surface area contributed by atoms with Gasteiger partial charge in [-0.15, -0.1) is 0 Å². The number of phenolic OH excluding ortho intramolecular Hbond substituents is 2. The molecule has 0 fully saturated rings. The van der Waals surface area contributed by atoms with Gasteiger partial charge in [0.05, 0.1) is 0 Å². The zero-order valence-electron chi connectivity index (χ0n) is 14.6. The lowest BCUT2D eigenvalue weighted by molar-refractivity contribution is -0.671. The molecule has 0 aliphatic rings. The van der Waals surface area contributed by atoms with E-state index >= 15 is 0 Å². The fourth-order valence-corrected chi connectivity index (χ4v) is 2.28. The summed E-state index contributed by atoms with van der Waals surface area (Å²) >= 11 is 0. The van der Waals surface area contributed by atoms with E-state index in [2.05, 4.69) is 49.1 Å². The molecular weight excluding hydrogens is 314 g/mol. The van der Waals surface area contributed by atoms with Crippen molar-refractivity contribution in [2.24, 2.45) is 19.8 Å². The number of aromatic nitrogens is 2. The number of nitrogens with two attached hydrogens (primary N) is 1. The predicted octanol–water partition coefficient (Wildman–Crippen LogP) is 1.60. The molecule has 3 aromatic rings. The fourth-order valence-electron chi connectivity index (χ4n) is 2.28. The molecule has 4 N–H and O–H groups in total. The summed E-state index contributed by atoms with van der Waals surface area (Å²) in [6, 6.07) is 13.2. The van der Waals surface area contributed by atoms with Crippen molar-refractivity contribution in [2.75, 3.05) is 6.54 Å². The highest BCUT2D eigenvalue weighted by Crippen LogP contribution is 2.24. The van der Waals surface area contributed by atoms with Crippen molar-refractivity contribution in [3.05, 3.63) is 72.8 Å². The van der Waals surface area contributed by atoms with Gasteiger partial charge < -0.3 is 15.9 Å². The van der Waals surface area contributed by atoms with Crippen LogP contribution in [-0.4, -0.2) is 16.8 Å². The molecule has 0 unspecified atom stereocenters. The summed E-state index contributed by atoms with van der Waals surface area (Å²) in [5.74, 6) is -0.179. The van der Waals surface area contributed by atoms with Gasteiger partial charge in [0.2, 0.25) is 0 Å². The van der Waals surface area contributed by atoms with Gasteiger partial charge in [-0.25, -0.2) is 9.13 Å². The molecule has 0 atom stereocenters. The molecule has 25 heavy (non-hydrogen) atoms. The lowest BCUT2D eigenvalue weighted by Crippen LogP contribution is -2.26. The molecule has 2 heterocycles. The minimum atomic E-state index is -0.0919. The van der Waals surface area contributed by atoms with Gasteiger partial charge in [-0.3, -0.25) is 0 Å². The minimum absolute atomic E-state index is 0.0871. The molecule has 130 valence electrons. The molecule has 0 amide bonds. The van der Waals surface area contributed by atoms with Crippen molar-refractivity contribution in [3.8, 4) is 22.6 Å². The summed E-state index contributed by atoms with van der Waals surface area (Å²) in [7, 11) is 4.05. The Hall–Kier alpha value is -2.92. The third kappa shape index (κ3) is 5.58. The van der Waals surface area contributed by atoms with Crippen LogP contribution in [0.2, 0.25) is 0 Å². The summed E-state index contributed by atoms with van der Waals surface area (Å²) in [4.78, 5) is 0. The second-order valence-corrected chi connectivity index (χ2v) is 5.87. The predicted molar refractivity (Wildman–Crippen MR) is 96.8 cm³/mol. The minimum Gasteiger partial charge on any atom is -0.504 e. The summed E-state index contributed by atoms with van der Waals surface area (Å²) in [5, 5.41) is 18.0. The van der Waals surface area contributed by atoms with Gasteiger partial charge in [0.15, 0.2) is 36.3 Å². The van der Waals surface area contributed by atoms with E-state index in [-0.39, 0.29) is 11.5 Å². The highest BCUT2D eigenvalue weighted by Gasteiger charge is 2.01. The Balaban J connectivity index is 0.000000186. The highest BCUT2D eigenvalue weighted by atomic mass is 16.3. The van der Waals surface area contributed by atoms with Crippen molar-refractivity contribution in [3.63, 3.8) is 0 Å². The number of rotatable bonds is 3. The molecule has 0 saturated carbocycles. The normalized spacial score (nSPS) is 10.0. The second-order valence-electron chi connectivity index (χ2n) is 5.87. The van der Waals surface area contributed by atoms with Crippen LogP contribution in [0.4, 0.5) is 0 Å². The Kier molecular flexibility index (Phi) is 6.48. The first-order valence-electron chi connectivity index (χ1n) is 8.11. The second kappa shape index (κ2) is 8.80. The van der Waals surface area contributed by atoms with Crippen LogP contribution >= 0.6 is 0 Å². The SMILES string of the molecule is C[n+]1ccc(-c2cc[n+](C)cc2)cc1.NCCc1ccc(O)c(O)c1. The van der Waals surface area contributed by atoms with E-state index in [1.54, 1.807) is 6.07 Å². The largest absolute Gasteiger partial charge is 0.504 e. The molecule has 1 aromatic carbocycles. The number of hydrogen-bond donors (Lipinski definition) is 3. The maximum absolute atomic E-state index is 9.04. The summed E-state index contributed by atoms with van der Waals surface area (Å²) in [6.07, 6.45) is 8.95. The van der Waals surface area contributed by atoms with Crippen LogP contribution in [0.15, 0.2) is 67.3 Å². The lowest BCUT2D eigenvalue weighted by Gasteiger charge is -2.00. The van der Waals surface area contributed by atoms with Crippen LogP contribution in [0, 0.1) is 0 Å². The van der Waals surface area contributed by atoms with Gasteiger partial charge in [0.25, 0.3) is 0 Å². The highest BCUT2D eigenvalue weighted by molar-refractivity contribution is 5.60. The molecule has 0 radical (unpaired) electrons. The van der Waals surface area contributed by atoms with Gasteiger partial charge in [-0.2, -0.15) is 0 Å². The molecule has 0 aliphatic heterocycles. The average Bonchev–Trinajstić information content (AvgIpc) is 2.61. The van der Waals surface area contributed by atoms with Crippen molar-refractivity contribution >= 4 is 0 Å². The van der Waals surface area contributed by atoms with E-state index in [4.69, 9.17) is 15.9 Å². The molecule has 5 heteroatoms. The van der Waals surface area contributed by atoms with Crippen LogP contribution in [0.25, 0.3) is 11.1 Å². The van der Waals surface area contributed by atoms with Gasteiger partial charge in [0.1, 0.15) is 14.1 Å². The van der Waals surface area contributed by atoms with E-state index < -0.39 is 0 Å². The fraction of sp³-hybridized carbons (Fsp3) is 0.200. The smallest absolute Gasteiger partial charge is 0.169 e. The van der Waals surface area contributed by atoms with Gasteiger partial charge >= 0.3 is 0 Å². The van der Waals surface area contributed by atoms with E-state index in [9.17, 15) is 0 Å². The molecule has 0 bridgehead atoms. The molecule has 0 aliphatic carbocycles. The summed E-state index contributed by atoms with van der Waals surface area (Å²) < 4.78 is 4.07. The Morgan fingerprint density at radius 3 is 1.64 bits per heavy atom. The van der Waals surface area contributed by atoms with Gasteiger partial charge in [-0.1, -0.05) is 6.07 Å². The quantitative estimate of drug-likeness (QED) is 0.501. The Morgan fingerprint density at radius 1 is 0.760 bits per heavy atom. The first-order chi connectivity index (χ1) is 12.0. The molecule has 5 nitrogen and oxygen atoms in total. The van der Waals surface area contributed by atoms with Crippen molar-refractivity contribution in [1.29, 1.82) is 0 Å². The van der Waals surface area contributed by atoms with Crippen LogP contribution in [-0.2, 0) is 20.5 Å². The van der Waals surface area contributed by atoms with Crippen LogP contribution < -0.4 is 14.9 Å². The summed E-state index contributed by atoms with van der Waals surface area (Å²) in [5.41, 5.74) is 8.74. The van der Waals surface area contributed by atoms with E-state index in [1.165, 1.54) is 23.3 Å². The standard InChI is InChI=1S/C12H14N2.C8H11NO2/c1-13-7-3-11(4-8-13)12-5-9-14(2)10-6-12;9-4-3-6-1-2-7(10)8(11)5-6/h3-10H,1-2H3;1-2,5,10-11H,3-4,9H2/q+2;. The molecule has 2 aromatic heterocycles. The van der Waals surface area contributed by atoms with Gasteiger partial charge in [-0.05, 0) is 41.8 Å². The number of nitrogens with zero attached hydrogens (tertiary/aromatic N) is 2. The molecular formula is C20H25N3O2+2. The van der Waals surface area contributed by atoms with Crippen molar-refractivity contribution < 1.29 is 19.3 Å². The zero-order chi connectivity index (χ0) is 18.2. The van der Waals surface area contributed by atoms with Crippen LogP contribution in [0.3, 0.4) is 0 Å². The number of pyridine rings is 2. The Labute approximate surface area is 148 Å². The molecule has 3 rings (SSSR count). The molecule has 0 saturated heterocycles. The maximum Gasteiger partial charge on any atom is 0.169 e. The summed E-state index contributed by atoms with van der Waals surface area (Å²) in [6.45, 7) is 0.546. The third-order valence-corrected chi connectivity index (χ3v) is 3.76. The number of benzene rings is 1. The van der Waals surface area contributed by atoms with Crippen molar-refractivity contribution in [2.45, 2.75) is 6.42 Å². The Morgan fingerprint density at radius 2 is 1.24 bits per heavy atom. The van der Waals surface area contributed by atoms with Crippen LogP contribution in [0.1, 0.15) is 5.56 Å². The van der Waals surface area contributed by atoms with E-state index in [1.807, 2.05) is 23.2 Å². The first kappa shape index (κ1) is 18.4. The zero-order valence-corrected chi connectivity index (χ0v) is 14.6. The van der Waals surface area contributed by atoms with Crippen molar-refractivity contribution in [1.82, 2.24) is 0 Å². The monoisotopic (exact) mass is 339 g/mol. The maximum atomic E-state index is 9.04. The number of aromatic hydroxyl groups is 2. The third-order valence-electron chi connectivity index (χ3n) is 3.76. The molecule has 0 spiro atoms. The van der Waals surface area contributed by atoms with E-state index in [0.29, 0.717) is 13.0 Å². The number of phenols is 2. The van der Waals surface area contributed by atoms with Crippen LogP contribution in [0.5, 0.6) is 11.5 Å². The van der Waals surface area contributed by atoms with E-state index in [0.717, 1.165) is 5.56 Å². The lowest BCUT2D eigenvalue weighted by atomic mass is 10.1. The topological polar surface area (TPSA) is 74.2 Å². The average molecular weight is 339 g/mol.